The zero-order chi connectivity index (χ0) is 18.4. The number of piperidine rings is 1. The van der Waals surface area contributed by atoms with Crippen LogP contribution in [0.5, 0.6) is 0 Å². The van der Waals surface area contributed by atoms with Crippen molar-refractivity contribution in [2.24, 2.45) is 5.92 Å². The molecule has 26 heavy (non-hydrogen) atoms. The van der Waals surface area contributed by atoms with Gasteiger partial charge in [-0.2, -0.15) is 0 Å². The van der Waals surface area contributed by atoms with E-state index in [4.69, 9.17) is 0 Å². The molecule has 0 saturated carbocycles. The minimum atomic E-state index is 0.221. The molecule has 2 aromatic heterocycles. The summed E-state index contributed by atoms with van der Waals surface area (Å²) in [4.78, 5) is 25.5. The van der Waals surface area contributed by atoms with Gasteiger partial charge in [-0.3, -0.25) is 19.7 Å². The highest BCUT2D eigenvalue weighted by Gasteiger charge is 2.24. The lowest BCUT2D eigenvalue weighted by molar-refractivity contribution is -0.134. The van der Waals surface area contributed by atoms with Gasteiger partial charge in [0.1, 0.15) is 0 Å². The Labute approximate surface area is 156 Å². The molecule has 1 saturated heterocycles. The van der Waals surface area contributed by atoms with E-state index in [0.29, 0.717) is 12.5 Å². The van der Waals surface area contributed by atoms with Crippen LogP contribution >= 0.6 is 0 Å². The van der Waals surface area contributed by atoms with Crippen molar-refractivity contribution in [1.82, 2.24) is 19.8 Å². The second-order valence-corrected chi connectivity index (χ2v) is 7.36. The minimum absolute atomic E-state index is 0.221. The molecule has 1 aliphatic rings. The molecular formula is C21H28N4O. The Hall–Kier alpha value is -2.27. The number of likely N-dealkylation sites (N-methyl/N-ethyl adjacent to an activating group) is 1. The highest BCUT2D eigenvalue weighted by Crippen LogP contribution is 2.20. The van der Waals surface area contributed by atoms with Crippen molar-refractivity contribution in [3.8, 4) is 0 Å². The number of hydrogen-bond donors (Lipinski definition) is 0. The Balaban J connectivity index is 1.51. The topological polar surface area (TPSA) is 49.3 Å². The molecule has 5 nitrogen and oxygen atoms in total. The Bertz CT molecular complexity index is 719. The van der Waals surface area contributed by atoms with E-state index in [1.807, 2.05) is 43.3 Å². The summed E-state index contributed by atoms with van der Waals surface area (Å²) in [6, 6.07) is 10.2. The number of carbonyl (C=O) groups excluding carboxylic acids is 1. The molecule has 0 spiro atoms. The third-order valence-electron chi connectivity index (χ3n) is 4.90. The molecule has 138 valence electrons. The Morgan fingerprint density at radius 3 is 2.96 bits per heavy atom. The van der Waals surface area contributed by atoms with E-state index >= 15 is 0 Å². The standard InChI is InChI=1S/C21H28N4O/c1-17-6-3-9-20(23-17)12-18-8-5-11-25(15-18)21(26)16-24(2)14-19-7-4-10-22-13-19/h3-4,6-7,9-10,13,18H,5,8,11-12,14-16H2,1-2H3/t18-/m1/s1. The predicted molar refractivity (Wildman–Crippen MR) is 103 cm³/mol. The van der Waals surface area contributed by atoms with Gasteiger partial charge in [-0.25, -0.2) is 0 Å². The van der Waals surface area contributed by atoms with Gasteiger partial charge in [0.25, 0.3) is 0 Å². The lowest BCUT2D eigenvalue weighted by Crippen LogP contribution is -2.44. The van der Waals surface area contributed by atoms with Crippen LogP contribution in [-0.2, 0) is 17.8 Å². The van der Waals surface area contributed by atoms with Crippen molar-refractivity contribution >= 4 is 5.91 Å². The normalized spacial score (nSPS) is 17.5. The van der Waals surface area contributed by atoms with Gasteiger partial charge in [-0.15, -0.1) is 0 Å². The number of rotatable bonds is 6. The van der Waals surface area contributed by atoms with Gasteiger partial charge in [0.2, 0.25) is 5.91 Å². The predicted octanol–water partition coefficient (Wildman–Crippen LogP) is 2.70. The summed E-state index contributed by atoms with van der Waals surface area (Å²) in [5.41, 5.74) is 3.33. The van der Waals surface area contributed by atoms with Gasteiger partial charge in [-0.1, -0.05) is 12.1 Å². The molecule has 3 rings (SSSR count). The highest BCUT2D eigenvalue weighted by atomic mass is 16.2. The van der Waals surface area contributed by atoms with Crippen molar-refractivity contribution in [3.63, 3.8) is 0 Å². The number of hydrogen-bond acceptors (Lipinski definition) is 4. The summed E-state index contributed by atoms with van der Waals surface area (Å²) in [6.07, 6.45) is 6.83. The fourth-order valence-electron chi connectivity index (χ4n) is 3.66. The molecule has 1 aliphatic heterocycles. The van der Waals surface area contributed by atoms with Crippen molar-refractivity contribution < 1.29 is 4.79 Å². The molecule has 0 aliphatic carbocycles. The number of likely N-dealkylation sites (tertiary alicyclic amines) is 1. The van der Waals surface area contributed by atoms with Gasteiger partial charge < -0.3 is 4.90 Å². The molecule has 0 N–H and O–H groups in total. The van der Waals surface area contributed by atoms with Gasteiger partial charge in [-0.05, 0) is 62.9 Å². The fraction of sp³-hybridized carbons (Fsp3) is 0.476. The first-order chi connectivity index (χ1) is 12.6. The van der Waals surface area contributed by atoms with E-state index in [2.05, 4.69) is 27.0 Å². The SMILES string of the molecule is Cc1cccc(C[C@H]2CCCN(C(=O)CN(C)Cc3cccnc3)C2)n1. The van der Waals surface area contributed by atoms with Gasteiger partial charge >= 0.3 is 0 Å². The van der Waals surface area contributed by atoms with E-state index < -0.39 is 0 Å². The van der Waals surface area contributed by atoms with Crippen LogP contribution < -0.4 is 0 Å². The average Bonchev–Trinajstić information content (AvgIpc) is 2.62. The Morgan fingerprint density at radius 2 is 2.19 bits per heavy atom. The van der Waals surface area contributed by atoms with Crippen LogP contribution in [-0.4, -0.2) is 52.4 Å². The molecule has 1 fully saturated rings. The van der Waals surface area contributed by atoms with Crippen LogP contribution in [0.1, 0.15) is 29.8 Å². The Morgan fingerprint density at radius 1 is 1.31 bits per heavy atom. The highest BCUT2D eigenvalue weighted by molar-refractivity contribution is 5.78. The maximum atomic E-state index is 12.7. The van der Waals surface area contributed by atoms with Crippen molar-refractivity contribution in [2.75, 3.05) is 26.7 Å². The van der Waals surface area contributed by atoms with Crippen molar-refractivity contribution in [1.29, 1.82) is 0 Å². The first-order valence-corrected chi connectivity index (χ1v) is 9.38. The van der Waals surface area contributed by atoms with E-state index in [-0.39, 0.29) is 5.91 Å². The largest absolute Gasteiger partial charge is 0.341 e. The molecule has 5 heteroatoms. The van der Waals surface area contributed by atoms with Crippen LogP contribution in [0.3, 0.4) is 0 Å². The van der Waals surface area contributed by atoms with Crippen LogP contribution in [0.4, 0.5) is 0 Å². The third-order valence-corrected chi connectivity index (χ3v) is 4.90. The quantitative estimate of drug-likeness (QED) is 0.802. The lowest BCUT2D eigenvalue weighted by Gasteiger charge is -2.33. The smallest absolute Gasteiger partial charge is 0.236 e. The van der Waals surface area contributed by atoms with E-state index in [1.165, 1.54) is 6.42 Å². The molecule has 2 aromatic rings. The number of amides is 1. The van der Waals surface area contributed by atoms with Crippen LogP contribution in [0.25, 0.3) is 0 Å². The molecule has 0 aromatic carbocycles. The second kappa shape index (κ2) is 8.90. The molecular weight excluding hydrogens is 324 g/mol. The molecule has 0 unspecified atom stereocenters. The number of carbonyl (C=O) groups is 1. The molecule has 0 bridgehead atoms. The molecule has 0 radical (unpaired) electrons. The summed E-state index contributed by atoms with van der Waals surface area (Å²) in [6.45, 7) is 4.93. The number of aromatic nitrogens is 2. The average molecular weight is 352 g/mol. The summed E-state index contributed by atoms with van der Waals surface area (Å²) in [7, 11) is 1.99. The zero-order valence-corrected chi connectivity index (χ0v) is 15.8. The third kappa shape index (κ3) is 5.36. The van der Waals surface area contributed by atoms with Gasteiger partial charge in [0.05, 0.1) is 6.54 Å². The van der Waals surface area contributed by atoms with Crippen LogP contribution in [0, 0.1) is 12.8 Å². The molecule has 3 heterocycles. The van der Waals surface area contributed by atoms with E-state index in [9.17, 15) is 4.79 Å². The van der Waals surface area contributed by atoms with Crippen LogP contribution in [0.15, 0.2) is 42.7 Å². The Kier molecular flexibility index (Phi) is 6.34. The maximum absolute atomic E-state index is 12.7. The zero-order valence-electron chi connectivity index (χ0n) is 15.8. The van der Waals surface area contributed by atoms with E-state index in [1.54, 1.807) is 6.20 Å². The molecule has 1 amide bonds. The van der Waals surface area contributed by atoms with Crippen molar-refractivity contribution in [3.05, 3.63) is 59.7 Å². The van der Waals surface area contributed by atoms with Crippen LogP contribution in [0.2, 0.25) is 0 Å². The first kappa shape index (κ1) is 18.5. The number of nitrogens with zero attached hydrogens (tertiary/aromatic N) is 4. The molecule has 1 atom stereocenters. The summed E-state index contributed by atoms with van der Waals surface area (Å²) in [5.74, 6) is 0.726. The van der Waals surface area contributed by atoms with Gasteiger partial charge in [0.15, 0.2) is 0 Å². The van der Waals surface area contributed by atoms with Crippen molar-refractivity contribution in [2.45, 2.75) is 32.7 Å². The van der Waals surface area contributed by atoms with Gasteiger partial charge in [0, 0.05) is 43.4 Å². The summed E-state index contributed by atoms with van der Waals surface area (Å²) < 4.78 is 0. The summed E-state index contributed by atoms with van der Waals surface area (Å²) in [5, 5.41) is 0. The number of pyridine rings is 2. The monoisotopic (exact) mass is 352 g/mol. The van der Waals surface area contributed by atoms with E-state index in [0.717, 1.165) is 49.4 Å². The lowest BCUT2D eigenvalue weighted by atomic mass is 9.93. The minimum Gasteiger partial charge on any atom is -0.341 e. The number of aryl methyl sites for hydroxylation is 1. The summed E-state index contributed by atoms with van der Waals surface area (Å²) >= 11 is 0. The fourth-order valence-corrected chi connectivity index (χ4v) is 3.66. The maximum Gasteiger partial charge on any atom is 0.236 e. The second-order valence-electron chi connectivity index (χ2n) is 7.36. The first-order valence-electron chi connectivity index (χ1n) is 9.38.